The summed E-state index contributed by atoms with van der Waals surface area (Å²) < 4.78 is 5.62. The number of benzene rings is 1. The number of carbonyl (C=O) groups excluding carboxylic acids is 2. The maximum atomic E-state index is 13.4. The maximum absolute atomic E-state index is 13.4. The molecule has 2 amide bonds. The van der Waals surface area contributed by atoms with E-state index in [9.17, 15) is 9.59 Å². The molecule has 2 unspecified atom stereocenters. The van der Waals surface area contributed by atoms with Gasteiger partial charge in [0.1, 0.15) is 11.8 Å². The van der Waals surface area contributed by atoms with E-state index in [1.54, 1.807) is 18.2 Å². The Morgan fingerprint density at radius 3 is 2.43 bits per heavy atom. The Morgan fingerprint density at radius 2 is 1.83 bits per heavy atom. The Kier molecular flexibility index (Phi) is 5.92. The van der Waals surface area contributed by atoms with Crippen molar-refractivity contribution in [2.24, 2.45) is 5.10 Å². The van der Waals surface area contributed by atoms with E-state index >= 15 is 0 Å². The van der Waals surface area contributed by atoms with Gasteiger partial charge in [-0.2, -0.15) is 5.10 Å². The monoisotopic (exact) mass is 428 g/mol. The van der Waals surface area contributed by atoms with Crippen LogP contribution in [0.2, 0.25) is 5.02 Å². The van der Waals surface area contributed by atoms with Crippen LogP contribution in [0.25, 0.3) is 0 Å². The highest BCUT2D eigenvalue weighted by Gasteiger charge is 2.38. The molecule has 0 spiro atoms. The normalized spacial score (nSPS) is 20.9. The fraction of sp³-hybridized carbons (Fsp3) is 0.409. The molecule has 2 aliphatic rings. The van der Waals surface area contributed by atoms with Gasteiger partial charge in [0, 0.05) is 44.5 Å². The molecule has 0 aliphatic carbocycles. The number of nitrogens with zero attached hydrogens (tertiary/aromatic N) is 4. The van der Waals surface area contributed by atoms with Crippen LogP contribution in [-0.2, 0) is 9.59 Å². The van der Waals surface area contributed by atoms with Gasteiger partial charge in [-0.3, -0.25) is 14.5 Å². The predicted molar refractivity (Wildman–Crippen MR) is 114 cm³/mol. The van der Waals surface area contributed by atoms with E-state index in [2.05, 4.69) is 4.90 Å². The number of hydrogen-bond donors (Lipinski definition) is 0. The summed E-state index contributed by atoms with van der Waals surface area (Å²) in [5, 5.41) is 6.91. The SMILES string of the molecule is CC(=O)N1CCN(C(C)C(=O)N2N=C(c3ccc(Cl)cc3)CC2c2ccco2)CC1. The number of amides is 2. The van der Waals surface area contributed by atoms with E-state index in [4.69, 9.17) is 21.1 Å². The molecule has 0 N–H and O–H groups in total. The van der Waals surface area contributed by atoms with E-state index in [-0.39, 0.29) is 23.9 Å². The maximum Gasteiger partial charge on any atom is 0.260 e. The number of hydrogen-bond acceptors (Lipinski definition) is 5. The topological polar surface area (TPSA) is 69.4 Å². The summed E-state index contributed by atoms with van der Waals surface area (Å²) in [5.74, 6) is 0.713. The zero-order chi connectivity index (χ0) is 21.3. The van der Waals surface area contributed by atoms with Crippen molar-refractivity contribution < 1.29 is 14.0 Å². The summed E-state index contributed by atoms with van der Waals surface area (Å²) in [6.07, 6.45) is 2.19. The number of rotatable bonds is 4. The quantitative estimate of drug-likeness (QED) is 0.750. The van der Waals surface area contributed by atoms with Crippen LogP contribution >= 0.6 is 11.6 Å². The fourth-order valence-electron chi connectivity index (χ4n) is 4.00. The van der Waals surface area contributed by atoms with Crippen molar-refractivity contribution in [3.63, 3.8) is 0 Å². The predicted octanol–water partition coefficient (Wildman–Crippen LogP) is 3.16. The molecule has 2 aromatic rings. The van der Waals surface area contributed by atoms with Crippen LogP contribution in [0.3, 0.4) is 0 Å². The Bertz CT molecular complexity index is 934. The molecule has 7 nitrogen and oxygen atoms in total. The van der Waals surface area contributed by atoms with Crippen LogP contribution in [0.4, 0.5) is 0 Å². The summed E-state index contributed by atoms with van der Waals surface area (Å²) in [6, 6.07) is 10.6. The van der Waals surface area contributed by atoms with Crippen LogP contribution in [0.5, 0.6) is 0 Å². The highest BCUT2D eigenvalue weighted by molar-refractivity contribution is 6.30. The van der Waals surface area contributed by atoms with Crippen LogP contribution in [0.1, 0.15) is 37.6 Å². The van der Waals surface area contributed by atoms with Gasteiger partial charge in [-0.05, 0) is 36.8 Å². The number of carbonyl (C=O) groups is 2. The highest BCUT2D eigenvalue weighted by atomic mass is 35.5. The number of halogens is 1. The minimum Gasteiger partial charge on any atom is -0.467 e. The molecule has 1 saturated heterocycles. The lowest BCUT2D eigenvalue weighted by Gasteiger charge is -2.38. The molecule has 2 atom stereocenters. The van der Waals surface area contributed by atoms with Gasteiger partial charge in [0.25, 0.3) is 5.91 Å². The van der Waals surface area contributed by atoms with E-state index in [1.807, 2.05) is 48.2 Å². The second-order valence-corrected chi connectivity index (χ2v) is 8.13. The van der Waals surface area contributed by atoms with Crippen molar-refractivity contribution in [1.82, 2.24) is 14.8 Å². The van der Waals surface area contributed by atoms with Crippen LogP contribution in [0.15, 0.2) is 52.2 Å². The van der Waals surface area contributed by atoms with Crippen molar-refractivity contribution in [2.45, 2.75) is 32.4 Å². The molecule has 158 valence electrons. The molecule has 4 rings (SSSR count). The third-order valence-electron chi connectivity index (χ3n) is 5.85. The first-order valence-corrected chi connectivity index (χ1v) is 10.5. The van der Waals surface area contributed by atoms with E-state index in [1.165, 1.54) is 0 Å². The summed E-state index contributed by atoms with van der Waals surface area (Å²) >= 11 is 6.02. The molecule has 30 heavy (non-hydrogen) atoms. The molecule has 1 fully saturated rings. The largest absolute Gasteiger partial charge is 0.467 e. The van der Waals surface area contributed by atoms with Crippen LogP contribution in [-0.4, -0.2) is 64.6 Å². The Morgan fingerprint density at radius 1 is 1.13 bits per heavy atom. The first-order chi connectivity index (χ1) is 14.4. The standard InChI is InChI=1S/C22H25ClN4O3/c1-15(25-9-11-26(12-10-25)16(2)28)22(29)27-20(21-4-3-13-30-21)14-19(24-27)17-5-7-18(23)8-6-17/h3-8,13,15,20H,9-12,14H2,1-2H3. The third-order valence-corrected chi connectivity index (χ3v) is 6.10. The lowest BCUT2D eigenvalue weighted by molar-refractivity contribution is -0.140. The van der Waals surface area contributed by atoms with Crippen molar-refractivity contribution in [2.75, 3.05) is 26.2 Å². The van der Waals surface area contributed by atoms with Crippen molar-refractivity contribution in [1.29, 1.82) is 0 Å². The number of piperazine rings is 1. The molecular weight excluding hydrogens is 404 g/mol. The van der Waals surface area contributed by atoms with Crippen LogP contribution in [0, 0.1) is 0 Å². The van der Waals surface area contributed by atoms with Crippen LogP contribution < -0.4 is 0 Å². The lowest BCUT2D eigenvalue weighted by Crippen LogP contribution is -2.54. The fourth-order valence-corrected chi connectivity index (χ4v) is 4.13. The second-order valence-electron chi connectivity index (χ2n) is 7.69. The van der Waals surface area contributed by atoms with Gasteiger partial charge in [0.2, 0.25) is 5.91 Å². The molecule has 1 aromatic heterocycles. The number of furan rings is 1. The number of hydrazone groups is 1. The third kappa shape index (κ3) is 4.13. The molecule has 0 saturated carbocycles. The van der Waals surface area contributed by atoms with Gasteiger partial charge in [-0.15, -0.1) is 0 Å². The second kappa shape index (κ2) is 8.62. The van der Waals surface area contributed by atoms with Gasteiger partial charge < -0.3 is 9.32 Å². The summed E-state index contributed by atoms with van der Waals surface area (Å²) in [4.78, 5) is 28.9. The van der Waals surface area contributed by atoms with Crippen molar-refractivity contribution in [3.05, 3.63) is 59.0 Å². The van der Waals surface area contributed by atoms with Crippen molar-refractivity contribution in [3.8, 4) is 0 Å². The van der Waals surface area contributed by atoms with Gasteiger partial charge in [-0.25, -0.2) is 5.01 Å². The Balaban J connectivity index is 1.54. The Labute approximate surface area is 180 Å². The van der Waals surface area contributed by atoms with E-state index < -0.39 is 0 Å². The summed E-state index contributed by atoms with van der Waals surface area (Å²) in [6.45, 7) is 6.08. The smallest absolute Gasteiger partial charge is 0.260 e. The average Bonchev–Trinajstić information content (AvgIpc) is 3.43. The zero-order valence-corrected chi connectivity index (χ0v) is 17.9. The van der Waals surface area contributed by atoms with E-state index in [0.717, 1.165) is 11.3 Å². The van der Waals surface area contributed by atoms with Crippen molar-refractivity contribution >= 4 is 29.1 Å². The molecule has 3 heterocycles. The Hall–Kier alpha value is -2.64. The first-order valence-electron chi connectivity index (χ1n) is 10.1. The minimum atomic E-state index is -0.343. The molecular formula is C22H25ClN4O3. The minimum absolute atomic E-state index is 0.0725. The van der Waals surface area contributed by atoms with Gasteiger partial charge in [0.15, 0.2) is 0 Å². The van der Waals surface area contributed by atoms with Gasteiger partial charge in [-0.1, -0.05) is 23.7 Å². The molecule has 8 heteroatoms. The summed E-state index contributed by atoms with van der Waals surface area (Å²) in [7, 11) is 0. The van der Waals surface area contributed by atoms with E-state index in [0.29, 0.717) is 43.4 Å². The molecule has 0 radical (unpaired) electrons. The van der Waals surface area contributed by atoms with Gasteiger partial charge >= 0.3 is 0 Å². The zero-order valence-electron chi connectivity index (χ0n) is 17.1. The molecule has 1 aromatic carbocycles. The molecule has 2 aliphatic heterocycles. The lowest BCUT2D eigenvalue weighted by atomic mass is 10.0. The molecule has 0 bridgehead atoms. The van der Waals surface area contributed by atoms with Gasteiger partial charge in [0.05, 0.1) is 18.0 Å². The summed E-state index contributed by atoms with van der Waals surface area (Å²) in [5.41, 5.74) is 1.77. The highest BCUT2D eigenvalue weighted by Crippen LogP contribution is 2.34. The first kappa shape index (κ1) is 20.6. The average molecular weight is 429 g/mol.